The van der Waals surface area contributed by atoms with E-state index >= 15 is 0 Å². The maximum atomic E-state index is 11.8. The van der Waals surface area contributed by atoms with E-state index in [1.807, 2.05) is 48.5 Å². The van der Waals surface area contributed by atoms with Crippen LogP contribution in [0.1, 0.15) is 28.8 Å². The van der Waals surface area contributed by atoms with Crippen molar-refractivity contribution in [3.05, 3.63) is 71.8 Å². The Morgan fingerprint density at radius 1 is 1.08 bits per heavy atom. The predicted octanol–water partition coefficient (Wildman–Crippen LogP) is 3.91. The number of hydrogen-bond donors (Lipinski definition) is 3. The van der Waals surface area contributed by atoms with Crippen LogP contribution in [0.3, 0.4) is 0 Å². The van der Waals surface area contributed by atoms with Gasteiger partial charge in [-0.3, -0.25) is 10.9 Å². The van der Waals surface area contributed by atoms with Gasteiger partial charge in [0.05, 0.1) is 0 Å². The summed E-state index contributed by atoms with van der Waals surface area (Å²) < 4.78 is 5.91. The van der Waals surface area contributed by atoms with E-state index in [0.717, 1.165) is 22.9 Å². The quantitative estimate of drug-likeness (QED) is 0.667. The SMILES string of the molecule is CC1NNCC1c1ccc(Oc2ccc3ccccc3c2)c(C(=O)O)c1. The fourth-order valence-electron chi connectivity index (χ4n) is 3.41. The molecule has 5 nitrogen and oxygen atoms in total. The molecule has 3 aromatic carbocycles. The van der Waals surface area contributed by atoms with E-state index in [2.05, 4.69) is 17.8 Å². The molecule has 1 aliphatic heterocycles. The van der Waals surface area contributed by atoms with Crippen LogP contribution in [0.15, 0.2) is 60.7 Å². The molecule has 0 amide bonds. The van der Waals surface area contributed by atoms with E-state index < -0.39 is 5.97 Å². The smallest absolute Gasteiger partial charge is 0.339 e. The molecule has 1 saturated heterocycles. The predicted molar refractivity (Wildman–Crippen MR) is 101 cm³/mol. The first-order valence-electron chi connectivity index (χ1n) is 8.64. The molecule has 132 valence electrons. The number of fused-ring (bicyclic) bond motifs is 1. The standard InChI is InChI=1S/C21H20N2O3/c1-13-19(12-22-23-13)16-7-9-20(18(11-16)21(24)25)26-17-8-6-14-4-2-3-5-15(14)10-17/h2-11,13,19,22-23H,12H2,1H3,(H,24,25). The largest absolute Gasteiger partial charge is 0.478 e. The van der Waals surface area contributed by atoms with Crippen molar-refractivity contribution in [3.8, 4) is 11.5 Å². The van der Waals surface area contributed by atoms with Gasteiger partial charge in [0.2, 0.25) is 0 Å². The van der Waals surface area contributed by atoms with Crippen LogP contribution >= 0.6 is 0 Å². The fraction of sp³-hybridized carbons (Fsp3) is 0.190. The number of hydrazine groups is 1. The Hall–Kier alpha value is -2.89. The van der Waals surface area contributed by atoms with Crippen LogP contribution in [-0.4, -0.2) is 23.7 Å². The van der Waals surface area contributed by atoms with Crippen molar-refractivity contribution >= 4 is 16.7 Å². The molecule has 1 aliphatic rings. The number of ether oxygens (including phenoxy) is 1. The molecule has 0 saturated carbocycles. The van der Waals surface area contributed by atoms with E-state index in [1.165, 1.54) is 0 Å². The fourth-order valence-corrected chi connectivity index (χ4v) is 3.41. The Balaban J connectivity index is 1.67. The van der Waals surface area contributed by atoms with E-state index in [1.54, 1.807) is 12.1 Å². The van der Waals surface area contributed by atoms with Crippen LogP contribution in [-0.2, 0) is 0 Å². The summed E-state index contributed by atoms with van der Waals surface area (Å²) in [5, 5.41) is 11.8. The van der Waals surface area contributed by atoms with Crippen molar-refractivity contribution in [2.45, 2.75) is 18.9 Å². The Kier molecular flexibility index (Phi) is 4.32. The molecule has 26 heavy (non-hydrogen) atoms. The summed E-state index contributed by atoms with van der Waals surface area (Å²) in [7, 11) is 0. The molecule has 0 aromatic heterocycles. The molecule has 1 heterocycles. The molecule has 0 bridgehead atoms. The third-order valence-electron chi connectivity index (χ3n) is 4.87. The Bertz CT molecular complexity index is 970. The van der Waals surface area contributed by atoms with Gasteiger partial charge in [-0.2, -0.15) is 0 Å². The average Bonchev–Trinajstić information content (AvgIpc) is 3.08. The van der Waals surface area contributed by atoms with Crippen LogP contribution in [0.4, 0.5) is 0 Å². The highest BCUT2D eigenvalue weighted by Gasteiger charge is 2.26. The van der Waals surface area contributed by atoms with Crippen molar-refractivity contribution in [1.29, 1.82) is 0 Å². The first-order chi connectivity index (χ1) is 12.6. The van der Waals surface area contributed by atoms with Gasteiger partial charge >= 0.3 is 5.97 Å². The second kappa shape index (κ2) is 6.78. The van der Waals surface area contributed by atoms with E-state index in [-0.39, 0.29) is 17.5 Å². The number of hydrogen-bond acceptors (Lipinski definition) is 4. The second-order valence-corrected chi connectivity index (χ2v) is 6.59. The molecule has 0 spiro atoms. The Labute approximate surface area is 151 Å². The van der Waals surface area contributed by atoms with Gasteiger partial charge < -0.3 is 9.84 Å². The van der Waals surface area contributed by atoms with Gasteiger partial charge in [0.25, 0.3) is 0 Å². The molecule has 1 fully saturated rings. The lowest BCUT2D eigenvalue weighted by molar-refractivity contribution is 0.0694. The summed E-state index contributed by atoms with van der Waals surface area (Å²) in [4.78, 5) is 11.8. The normalized spacial score (nSPS) is 19.6. The summed E-state index contributed by atoms with van der Waals surface area (Å²) in [6.45, 7) is 2.84. The lowest BCUT2D eigenvalue weighted by Gasteiger charge is -2.16. The monoisotopic (exact) mass is 348 g/mol. The van der Waals surface area contributed by atoms with Crippen molar-refractivity contribution in [1.82, 2.24) is 10.9 Å². The van der Waals surface area contributed by atoms with Gasteiger partial charge in [-0.15, -0.1) is 0 Å². The molecule has 3 aromatic rings. The van der Waals surface area contributed by atoms with Crippen molar-refractivity contribution in [2.24, 2.45) is 0 Å². The zero-order valence-electron chi connectivity index (χ0n) is 14.4. The van der Waals surface area contributed by atoms with E-state index in [0.29, 0.717) is 11.5 Å². The van der Waals surface area contributed by atoms with Crippen LogP contribution in [0.25, 0.3) is 10.8 Å². The first kappa shape index (κ1) is 16.6. The molecular weight excluding hydrogens is 328 g/mol. The molecule has 2 atom stereocenters. The molecule has 4 rings (SSSR count). The minimum Gasteiger partial charge on any atom is -0.478 e. The van der Waals surface area contributed by atoms with Crippen LogP contribution < -0.4 is 15.6 Å². The van der Waals surface area contributed by atoms with Gasteiger partial charge in [-0.05, 0) is 47.5 Å². The van der Waals surface area contributed by atoms with Gasteiger partial charge in [-0.25, -0.2) is 4.79 Å². The summed E-state index contributed by atoms with van der Waals surface area (Å²) in [5.41, 5.74) is 7.43. The molecular formula is C21H20N2O3. The van der Waals surface area contributed by atoms with Crippen LogP contribution in [0.2, 0.25) is 0 Å². The average molecular weight is 348 g/mol. The Morgan fingerprint density at radius 2 is 1.88 bits per heavy atom. The van der Waals surface area contributed by atoms with Crippen LogP contribution in [0, 0.1) is 0 Å². The number of carboxylic acids is 1. The first-order valence-corrected chi connectivity index (χ1v) is 8.64. The maximum absolute atomic E-state index is 11.8. The topological polar surface area (TPSA) is 70.6 Å². The summed E-state index contributed by atoms with van der Waals surface area (Å²) >= 11 is 0. The number of aromatic carboxylic acids is 1. The zero-order chi connectivity index (χ0) is 18.1. The second-order valence-electron chi connectivity index (χ2n) is 6.59. The molecule has 0 aliphatic carbocycles. The number of benzene rings is 3. The minimum atomic E-state index is -0.991. The third kappa shape index (κ3) is 3.14. The number of carboxylic acid groups (broad SMARTS) is 1. The lowest BCUT2D eigenvalue weighted by atomic mass is 9.92. The number of rotatable bonds is 4. The van der Waals surface area contributed by atoms with Gasteiger partial charge in [0, 0.05) is 18.5 Å². The summed E-state index contributed by atoms with van der Waals surface area (Å²) in [6, 6.07) is 19.4. The summed E-state index contributed by atoms with van der Waals surface area (Å²) in [6.07, 6.45) is 0. The van der Waals surface area contributed by atoms with Crippen molar-refractivity contribution < 1.29 is 14.6 Å². The zero-order valence-corrected chi connectivity index (χ0v) is 14.4. The summed E-state index contributed by atoms with van der Waals surface area (Å²) in [5.74, 6) is 0.205. The van der Waals surface area contributed by atoms with Gasteiger partial charge in [0.15, 0.2) is 0 Å². The number of nitrogens with one attached hydrogen (secondary N) is 2. The molecule has 5 heteroatoms. The highest BCUT2D eigenvalue weighted by atomic mass is 16.5. The van der Waals surface area contributed by atoms with E-state index in [9.17, 15) is 9.90 Å². The highest BCUT2D eigenvalue weighted by molar-refractivity contribution is 5.91. The van der Waals surface area contributed by atoms with Crippen molar-refractivity contribution in [3.63, 3.8) is 0 Å². The van der Waals surface area contributed by atoms with Gasteiger partial charge in [0.1, 0.15) is 17.1 Å². The number of carbonyl (C=O) groups is 1. The molecule has 2 unspecified atom stereocenters. The maximum Gasteiger partial charge on any atom is 0.339 e. The Morgan fingerprint density at radius 3 is 2.62 bits per heavy atom. The highest BCUT2D eigenvalue weighted by Crippen LogP contribution is 2.32. The van der Waals surface area contributed by atoms with E-state index in [4.69, 9.17) is 4.74 Å². The molecule has 3 N–H and O–H groups in total. The lowest BCUT2D eigenvalue weighted by Crippen LogP contribution is -2.28. The third-order valence-corrected chi connectivity index (χ3v) is 4.87. The molecule has 0 radical (unpaired) electrons. The van der Waals surface area contributed by atoms with Crippen LogP contribution in [0.5, 0.6) is 11.5 Å². The van der Waals surface area contributed by atoms with Gasteiger partial charge in [-0.1, -0.05) is 36.4 Å². The minimum absolute atomic E-state index is 0.176. The van der Waals surface area contributed by atoms with Crippen molar-refractivity contribution in [2.75, 3.05) is 6.54 Å².